The molecule has 1 aromatic heterocycles. The van der Waals surface area contributed by atoms with E-state index >= 15 is 0 Å². The third-order valence-corrected chi connectivity index (χ3v) is 5.74. The van der Waals surface area contributed by atoms with E-state index in [0.29, 0.717) is 6.54 Å². The molecule has 0 fully saturated rings. The van der Waals surface area contributed by atoms with E-state index in [2.05, 4.69) is 31.5 Å². The molecule has 7 nitrogen and oxygen atoms in total. The Balaban J connectivity index is 1.36. The van der Waals surface area contributed by atoms with E-state index in [1.165, 1.54) is 36.6 Å². The fraction of sp³-hybridized carbons (Fsp3) is 0.667. The number of aromatic nitrogens is 3. The highest BCUT2D eigenvalue weighted by Crippen LogP contribution is 2.21. The highest BCUT2D eigenvalue weighted by atomic mass is 32.2. The zero-order chi connectivity index (χ0) is 18.2. The Morgan fingerprint density at radius 1 is 1.12 bits per heavy atom. The molecule has 2 N–H and O–H groups in total. The van der Waals surface area contributed by atoms with E-state index in [0.717, 1.165) is 56.1 Å². The van der Waals surface area contributed by atoms with Gasteiger partial charge in [-0.3, -0.25) is 10.1 Å². The minimum atomic E-state index is -0.424. The van der Waals surface area contributed by atoms with Gasteiger partial charge in [0.1, 0.15) is 5.82 Å². The van der Waals surface area contributed by atoms with Gasteiger partial charge in [0.15, 0.2) is 5.16 Å². The number of hydrogen-bond acceptors (Lipinski definition) is 5. The van der Waals surface area contributed by atoms with Gasteiger partial charge in [-0.25, -0.2) is 4.79 Å². The summed E-state index contributed by atoms with van der Waals surface area (Å²) >= 11 is 1.34. The van der Waals surface area contributed by atoms with Crippen molar-refractivity contribution in [3.63, 3.8) is 0 Å². The van der Waals surface area contributed by atoms with Gasteiger partial charge in [-0.2, -0.15) is 0 Å². The van der Waals surface area contributed by atoms with Gasteiger partial charge >= 0.3 is 6.03 Å². The van der Waals surface area contributed by atoms with Crippen LogP contribution in [-0.2, 0) is 17.8 Å². The number of hydrogen-bond donors (Lipinski definition) is 2. The summed E-state index contributed by atoms with van der Waals surface area (Å²) in [5, 5.41) is 14.3. The molecule has 0 saturated heterocycles. The topological polar surface area (TPSA) is 88.9 Å². The molecule has 1 aliphatic carbocycles. The van der Waals surface area contributed by atoms with Gasteiger partial charge in [-0.15, -0.1) is 10.2 Å². The van der Waals surface area contributed by atoms with Crippen molar-refractivity contribution in [1.29, 1.82) is 0 Å². The van der Waals surface area contributed by atoms with Gasteiger partial charge in [0.25, 0.3) is 0 Å². The van der Waals surface area contributed by atoms with Crippen molar-refractivity contribution in [3.8, 4) is 0 Å². The highest BCUT2D eigenvalue weighted by molar-refractivity contribution is 7.99. The van der Waals surface area contributed by atoms with Crippen LogP contribution in [0.5, 0.6) is 0 Å². The Kier molecular flexibility index (Phi) is 7.11. The van der Waals surface area contributed by atoms with Crippen LogP contribution in [0.25, 0.3) is 0 Å². The zero-order valence-corrected chi connectivity index (χ0v) is 15.9. The van der Waals surface area contributed by atoms with E-state index in [4.69, 9.17) is 0 Å². The Morgan fingerprint density at radius 3 is 2.85 bits per heavy atom. The first-order chi connectivity index (χ1) is 12.7. The molecule has 0 atom stereocenters. The van der Waals surface area contributed by atoms with Gasteiger partial charge < -0.3 is 9.88 Å². The second-order valence-electron chi connectivity index (χ2n) is 6.81. The Morgan fingerprint density at radius 2 is 2.00 bits per heavy atom. The highest BCUT2D eigenvalue weighted by Gasteiger charge is 2.16. The largest absolute Gasteiger partial charge is 0.337 e. The number of imide groups is 1. The maximum atomic E-state index is 12.0. The summed E-state index contributed by atoms with van der Waals surface area (Å²) in [7, 11) is 0. The van der Waals surface area contributed by atoms with Crippen molar-refractivity contribution in [3.05, 3.63) is 17.5 Å². The van der Waals surface area contributed by atoms with Crippen LogP contribution in [0.15, 0.2) is 16.8 Å². The van der Waals surface area contributed by atoms with E-state index < -0.39 is 6.03 Å². The zero-order valence-electron chi connectivity index (χ0n) is 15.1. The van der Waals surface area contributed by atoms with Gasteiger partial charge in [0.05, 0.1) is 5.75 Å². The molecular weight excluding hydrogens is 350 g/mol. The van der Waals surface area contributed by atoms with Crippen molar-refractivity contribution >= 4 is 23.7 Å². The maximum Gasteiger partial charge on any atom is 0.321 e. The van der Waals surface area contributed by atoms with Crippen LogP contribution in [0.1, 0.15) is 57.2 Å². The number of rotatable bonds is 6. The summed E-state index contributed by atoms with van der Waals surface area (Å²) in [5.74, 6) is 0.854. The molecule has 3 amide bonds. The van der Waals surface area contributed by atoms with Gasteiger partial charge in [0.2, 0.25) is 5.91 Å². The molecule has 3 rings (SSSR count). The second-order valence-corrected chi connectivity index (χ2v) is 7.75. The number of allylic oxidation sites excluding steroid dienone is 1. The molecule has 0 spiro atoms. The van der Waals surface area contributed by atoms with Gasteiger partial charge in [-0.05, 0) is 44.9 Å². The summed E-state index contributed by atoms with van der Waals surface area (Å²) < 4.78 is 2.10. The summed E-state index contributed by atoms with van der Waals surface area (Å²) in [4.78, 5) is 23.8. The molecule has 0 bridgehead atoms. The van der Waals surface area contributed by atoms with Crippen LogP contribution in [0.3, 0.4) is 0 Å². The molecule has 8 heteroatoms. The standard InChI is InChI=1S/C18H27N5O2S/c24-16(20-17(25)19-11-10-14-7-3-1-4-8-14)13-26-18-22-21-15-9-5-2-6-12-23(15)18/h7H,1-6,8-13H2,(H2,19,20,24,25). The fourth-order valence-corrected chi connectivity index (χ4v) is 4.15. The predicted octanol–water partition coefficient (Wildman–Crippen LogP) is 2.81. The lowest BCUT2D eigenvalue weighted by Crippen LogP contribution is -2.40. The van der Waals surface area contributed by atoms with Crippen LogP contribution >= 0.6 is 11.8 Å². The first kappa shape index (κ1) is 18.9. The molecular formula is C18H27N5O2S. The number of carbonyl (C=O) groups is 2. The number of nitrogens with zero attached hydrogens (tertiary/aromatic N) is 3. The van der Waals surface area contributed by atoms with E-state index in [1.807, 2.05) is 0 Å². The number of nitrogens with one attached hydrogen (secondary N) is 2. The Labute approximate surface area is 158 Å². The lowest BCUT2D eigenvalue weighted by atomic mass is 9.97. The number of thioether (sulfide) groups is 1. The van der Waals surface area contributed by atoms with Crippen molar-refractivity contribution < 1.29 is 9.59 Å². The fourth-order valence-electron chi connectivity index (χ4n) is 3.37. The van der Waals surface area contributed by atoms with Crippen LogP contribution in [0.4, 0.5) is 4.79 Å². The number of carbonyl (C=O) groups excluding carboxylic acids is 2. The lowest BCUT2D eigenvalue weighted by molar-refractivity contribution is -0.117. The normalized spacial score (nSPS) is 17.0. The molecule has 0 aromatic carbocycles. The minimum absolute atomic E-state index is 0.163. The molecule has 26 heavy (non-hydrogen) atoms. The van der Waals surface area contributed by atoms with Gasteiger partial charge in [0, 0.05) is 19.5 Å². The number of fused-ring (bicyclic) bond motifs is 1. The number of aryl methyl sites for hydroxylation is 1. The molecule has 2 heterocycles. The maximum absolute atomic E-state index is 12.0. The average Bonchev–Trinajstić information content (AvgIpc) is 2.87. The quantitative estimate of drug-likeness (QED) is 0.588. The summed E-state index contributed by atoms with van der Waals surface area (Å²) in [6.07, 6.45) is 12.3. The first-order valence-electron chi connectivity index (χ1n) is 9.53. The monoisotopic (exact) mass is 377 g/mol. The van der Waals surface area contributed by atoms with Crippen LogP contribution < -0.4 is 10.6 Å². The molecule has 1 aromatic rings. The number of amides is 3. The van der Waals surface area contributed by atoms with E-state index in [1.54, 1.807) is 0 Å². The molecule has 1 aliphatic heterocycles. The van der Waals surface area contributed by atoms with Crippen LogP contribution in [0.2, 0.25) is 0 Å². The Bertz CT molecular complexity index is 671. The summed E-state index contributed by atoms with van der Waals surface area (Å²) in [6, 6.07) is -0.424. The minimum Gasteiger partial charge on any atom is -0.337 e. The predicted molar refractivity (Wildman–Crippen MR) is 101 cm³/mol. The molecule has 0 unspecified atom stereocenters. The second kappa shape index (κ2) is 9.75. The van der Waals surface area contributed by atoms with Crippen molar-refractivity contribution in [1.82, 2.24) is 25.4 Å². The van der Waals surface area contributed by atoms with E-state index in [-0.39, 0.29) is 11.7 Å². The SMILES string of the molecule is O=C(CSc1nnc2n1CCCCC2)NC(=O)NCCC1=CCCCC1. The average molecular weight is 378 g/mol. The van der Waals surface area contributed by atoms with Crippen molar-refractivity contribution in [2.24, 2.45) is 0 Å². The summed E-state index contributed by atoms with van der Waals surface area (Å²) in [5.41, 5.74) is 1.41. The third-order valence-electron chi connectivity index (χ3n) is 4.78. The van der Waals surface area contributed by atoms with Crippen molar-refractivity contribution in [2.75, 3.05) is 12.3 Å². The molecule has 0 radical (unpaired) electrons. The van der Waals surface area contributed by atoms with Crippen LogP contribution in [0, 0.1) is 0 Å². The smallest absolute Gasteiger partial charge is 0.321 e. The lowest BCUT2D eigenvalue weighted by Gasteiger charge is -2.13. The number of urea groups is 1. The molecule has 142 valence electrons. The third kappa shape index (κ3) is 5.59. The van der Waals surface area contributed by atoms with Crippen LogP contribution in [-0.4, -0.2) is 39.0 Å². The van der Waals surface area contributed by atoms with E-state index in [9.17, 15) is 9.59 Å². The van der Waals surface area contributed by atoms with Crippen molar-refractivity contribution in [2.45, 2.75) is 69.5 Å². The molecule has 2 aliphatic rings. The Hall–Kier alpha value is -1.83. The first-order valence-corrected chi connectivity index (χ1v) is 10.5. The summed E-state index contributed by atoms with van der Waals surface area (Å²) in [6.45, 7) is 1.47. The molecule has 0 saturated carbocycles. The van der Waals surface area contributed by atoms with Gasteiger partial charge in [-0.1, -0.05) is 29.8 Å².